The van der Waals surface area contributed by atoms with Crippen molar-refractivity contribution >= 4 is 34.5 Å². The van der Waals surface area contributed by atoms with Crippen molar-refractivity contribution in [1.29, 1.82) is 0 Å². The Hall–Kier alpha value is -3.55. The van der Waals surface area contributed by atoms with Gasteiger partial charge in [-0.1, -0.05) is 24.3 Å². The summed E-state index contributed by atoms with van der Waals surface area (Å²) in [4.78, 5) is 32.9. The van der Waals surface area contributed by atoms with Gasteiger partial charge in [0.2, 0.25) is 0 Å². The Morgan fingerprint density at radius 1 is 1.00 bits per heavy atom. The van der Waals surface area contributed by atoms with Gasteiger partial charge in [-0.15, -0.1) is 0 Å². The molecule has 0 aliphatic carbocycles. The predicted octanol–water partition coefficient (Wildman–Crippen LogP) is 4.26. The van der Waals surface area contributed by atoms with Gasteiger partial charge in [0.15, 0.2) is 5.78 Å². The topological polar surface area (TPSA) is 72.0 Å². The second kappa shape index (κ2) is 7.59. The summed E-state index contributed by atoms with van der Waals surface area (Å²) in [6.07, 6.45) is -2.07. The van der Waals surface area contributed by atoms with Crippen LogP contribution in [-0.2, 0) is 15.8 Å². The molecule has 5 nitrogen and oxygen atoms in total. The van der Waals surface area contributed by atoms with Crippen LogP contribution in [0.15, 0.2) is 60.3 Å². The van der Waals surface area contributed by atoms with E-state index < -0.39 is 29.1 Å². The lowest BCUT2D eigenvalue weighted by Crippen LogP contribution is -2.21. The average molecular weight is 385 g/mol. The highest BCUT2D eigenvalue weighted by Gasteiger charge is 2.33. The first-order valence-corrected chi connectivity index (χ1v) is 8.17. The van der Waals surface area contributed by atoms with Gasteiger partial charge in [-0.05, 0) is 37.3 Å². The maximum absolute atomic E-state index is 13.1. The maximum atomic E-state index is 13.1. The monoisotopic (exact) mass is 385 g/mol. The zero-order chi connectivity index (χ0) is 20.3. The van der Waals surface area contributed by atoms with Crippen LogP contribution in [0.1, 0.15) is 18.2 Å². The van der Waals surface area contributed by atoms with Crippen molar-refractivity contribution in [3.8, 4) is 0 Å². The summed E-state index contributed by atoms with van der Waals surface area (Å²) in [7, 11) is 0. The number of nitrogens with one attached hydrogen (secondary N) is 1. The Bertz CT molecular complexity index is 1090. The van der Waals surface area contributed by atoms with Crippen LogP contribution in [0.5, 0.6) is 0 Å². The van der Waals surface area contributed by atoms with Gasteiger partial charge in [0.1, 0.15) is 0 Å². The fourth-order valence-electron chi connectivity index (χ4n) is 2.54. The van der Waals surface area contributed by atoms with Crippen molar-refractivity contribution in [2.24, 2.45) is 0 Å². The van der Waals surface area contributed by atoms with Gasteiger partial charge < -0.3 is 5.32 Å². The summed E-state index contributed by atoms with van der Waals surface area (Å²) in [6, 6.07) is 11.6. The number of aromatic nitrogens is 2. The molecule has 0 spiro atoms. The van der Waals surface area contributed by atoms with E-state index in [1.54, 1.807) is 24.3 Å². The SMILES string of the molecule is CC(=O)/C(=C\c1cnc2ccccc2n1)C(=O)Nc1ccccc1C(F)(F)F. The largest absolute Gasteiger partial charge is 0.418 e. The lowest BCUT2D eigenvalue weighted by Gasteiger charge is -2.14. The van der Waals surface area contributed by atoms with Crippen molar-refractivity contribution in [2.45, 2.75) is 13.1 Å². The highest BCUT2D eigenvalue weighted by atomic mass is 19.4. The lowest BCUT2D eigenvalue weighted by atomic mass is 10.1. The van der Waals surface area contributed by atoms with Crippen LogP contribution in [0, 0.1) is 0 Å². The molecule has 0 saturated carbocycles. The van der Waals surface area contributed by atoms with Crippen molar-refractivity contribution in [1.82, 2.24) is 9.97 Å². The van der Waals surface area contributed by atoms with E-state index in [-0.39, 0.29) is 11.3 Å². The third-order valence-electron chi connectivity index (χ3n) is 3.86. The van der Waals surface area contributed by atoms with Gasteiger partial charge in [-0.25, -0.2) is 4.98 Å². The first-order valence-electron chi connectivity index (χ1n) is 8.17. The van der Waals surface area contributed by atoms with E-state index in [0.717, 1.165) is 19.1 Å². The molecule has 8 heteroatoms. The molecule has 3 aromatic rings. The minimum absolute atomic E-state index is 0.239. The predicted molar refractivity (Wildman–Crippen MR) is 98.3 cm³/mol. The Labute approximate surface area is 157 Å². The number of ketones is 1. The molecule has 0 aliphatic rings. The molecule has 28 heavy (non-hydrogen) atoms. The molecule has 1 amide bonds. The highest BCUT2D eigenvalue weighted by molar-refractivity contribution is 6.25. The average Bonchev–Trinajstić information content (AvgIpc) is 2.65. The van der Waals surface area contributed by atoms with Crippen molar-refractivity contribution < 1.29 is 22.8 Å². The highest BCUT2D eigenvalue weighted by Crippen LogP contribution is 2.34. The van der Waals surface area contributed by atoms with Gasteiger partial charge in [0.25, 0.3) is 5.91 Å². The molecule has 1 aromatic heterocycles. The molecule has 2 aromatic carbocycles. The number of fused-ring (bicyclic) bond motifs is 1. The number of para-hydroxylation sites is 3. The number of anilines is 1. The molecule has 0 unspecified atom stereocenters. The Kier molecular flexibility index (Phi) is 5.21. The van der Waals surface area contributed by atoms with Gasteiger partial charge in [-0.2, -0.15) is 13.2 Å². The maximum Gasteiger partial charge on any atom is 0.418 e. The number of carbonyl (C=O) groups is 2. The summed E-state index contributed by atoms with van der Waals surface area (Å²) in [5.74, 6) is -1.57. The van der Waals surface area contributed by atoms with E-state index in [1.165, 1.54) is 24.4 Å². The van der Waals surface area contributed by atoms with Crippen molar-refractivity contribution in [2.75, 3.05) is 5.32 Å². The van der Waals surface area contributed by atoms with Gasteiger partial charge in [0.05, 0.1) is 39.7 Å². The van der Waals surface area contributed by atoms with Crippen LogP contribution in [-0.4, -0.2) is 21.7 Å². The van der Waals surface area contributed by atoms with E-state index >= 15 is 0 Å². The fraction of sp³-hybridized carbons (Fsp3) is 0.100. The third-order valence-corrected chi connectivity index (χ3v) is 3.86. The molecule has 3 rings (SSSR count). The van der Waals surface area contributed by atoms with Crippen molar-refractivity contribution in [3.05, 3.63) is 71.6 Å². The van der Waals surface area contributed by atoms with Gasteiger partial charge in [0, 0.05) is 0 Å². The van der Waals surface area contributed by atoms with Crippen LogP contribution in [0.3, 0.4) is 0 Å². The first-order chi connectivity index (χ1) is 13.3. The summed E-state index contributed by atoms with van der Waals surface area (Å²) < 4.78 is 39.3. The van der Waals surface area contributed by atoms with Crippen molar-refractivity contribution in [3.63, 3.8) is 0 Å². The third kappa shape index (κ3) is 4.22. The number of rotatable bonds is 4. The lowest BCUT2D eigenvalue weighted by molar-refractivity contribution is -0.137. The van der Waals surface area contributed by atoms with E-state index in [1.807, 2.05) is 0 Å². The number of nitrogens with zero attached hydrogens (tertiary/aromatic N) is 2. The second-order valence-electron chi connectivity index (χ2n) is 5.90. The summed E-state index contributed by atoms with van der Waals surface area (Å²) >= 11 is 0. The zero-order valence-corrected chi connectivity index (χ0v) is 14.6. The molecular weight excluding hydrogens is 371 g/mol. The molecule has 0 radical (unpaired) electrons. The van der Waals surface area contributed by atoms with E-state index in [2.05, 4.69) is 15.3 Å². The Morgan fingerprint density at radius 2 is 1.64 bits per heavy atom. The number of amides is 1. The molecular formula is C20H14F3N3O2. The summed E-state index contributed by atoms with van der Waals surface area (Å²) in [5, 5.41) is 2.16. The number of carbonyl (C=O) groups excluding carboxylic acids is 2. The van der Waals surface area contributed by atoms with Crippen LogP contribution < -0.4 is 5.32 Å². The molecule has 1 heterocycles. The standard InChI is InChI=1S/C20H14F3N3O2/c1-12(27)14(10-13-11-24-17-8-4-5-9-18(17)25-13)19(28)26-16-7-3-2-6-15(16)20(21,22)23/h2-11H,1H3,(H,26,28)/b14-10+. The second-order valence-corrected chi connectivity index (χ2v) is 5.90. The van der Waals surface area contributed by atoms with E-state index in [4.69, 9.17) is 0 Å². The van der Waals surface area contributed by atoms with Gasteiger partial charge in [-0.3, -0.25) is 14.6 Å². The number of hydrogen-bond acceptors (Lipinski definition) is 4. The number of benzene rings is 2. The first kappa shape index (κ1) is 19.2. The quantitative estimate of drug-likeness (QED) is 0.414. The molecule has 0 bridgehead atoms. The molecule has 1 N–H and O–H groups in total. The number of hydrogen-bond donors (Lipinski definition) is 1. The Balaban J connectivity index is 1.95. The minimum atomic E-state index is -4.65. The van der Waals surface area contributed by atoms with E-state index in [0.29, 0.717) is 11.0 Å². The zero-order valence-electron chi connectivity index (χ0n) is 14.6. The molecule has 142 valence electrons. The smallest absolute Gasteiger partial charge is 0.321 e. The normalized spacial score (nSPS) is 12.1. The van der Waals surface area contributed by atoms with Gasteiger partial charge >= 0.3 is 6.18 Å². The Morgan fingerprint density at radius 3 is 2.32 bits per heavy atom. The molecule has 0 saturated heterocycles. The number of alkyl halides is 3. The number of Topliss-reactive ketones (excluding diaryl/α,β-unsaturated/α-hetero) is 1. The number of halogens is 3. The van der Waals surface area contributed by atoms with Crippen LogP contribution in [0.2, 0.25) is 0 Å². The molecule has 0 aliphatic heterocycles. The van der Waals surface area contributed by atoms with Crippen LogP contribution >= 0.6 is 0 Å². The molecule has 0 fully saturated rings. The van der Waals surface area contributed by atoms with Crippen LogP contribution in [0.25, 0.3) is 17.1 Å². The summed E-state index contributed by atoms with van der Waals surface area (Å²) in [5.41, 5.74) is -0.340. The minimum Gasteiger partial charge on any atom is -0.321 e. The fourth-order valence-corrected chi connectivity index (χ4v) is 2.54. The van der Waals surface area contributed by atoms with E-state index in [9.17, 15) is 22.8 Å². The summed E-state index contributed by atoms with van der Waals surface area (Å²) in [6.45, 7) is 1.15. The molecule has 0 atom stereocenters. The van der Waals surface area contributed by atoms with Crippen LogP contribution in [0.4, 0.5) is 18.9 Å².